The van der Waals surface area contributed by atoms with Gasteiger partial charge >= 0.3 is 6.03 Å². The Kier molecular flexibility index (Phi) is 4.87. The Morgan fingerprint density at radius 3 is 2.87 bits per heavy atom. The number of nitrogens with one attached hydrogen (secondary N) is 2. The SMILES string of the molecule is O=C(NCc1cscn1)C1CCCN1C(=O)Nc1ccccc1. The fourth-order valence-corrected chi connectivity index (χ4v) is 3.18. The van der Waals surface area contributed by atoms with Crippen molar-refractivity contribution in [2.75, 3.05) is 11.9 Å². The molecule has 1 unspecified atom stereocenters. The summed E-state index contributed by atoms with van der Waals surface area (Å²) >= 11 is 1.49. The Balaban J connectivity index is 1.58. The van der Waals surface area contributed by atoms with Gasteiger partial charge in [0.15, 0.2) is 0 Å². The topological polar surface area (TPSA) is 74.3 Å². The summed E-state index contributed by atoms with van der Waals surface area (Å²) in [5.74, 6) is -0.126. The van der Waals surface area contributed by atoms with Gasteiger partial charge in [-0.05, 0) is 25.0 Å². The van der Waals surface area contributed by atoms with Crippen molar-refractivity contribution in [2.45, 2.75) is 25.4 Å². The minimum absolute atomic E-state index is 0.126. The number of nitrogens with zero attached hydrogens (tertiary/aromatic N) is 2. The quantitative estimate of drug-likeness (QED) is 0.904. The van der Waals surface area contributed by atoms with Crippen LogP contribution in [0.25, 0.3) is 0 Å². The van der Waals surface area contributed by atoms with E-state index in [1.807, 2.05) is 35.7 Å². The molecule has 3 rings (SSSR count). The van der Waals surface area contributed by atoms with Crippen LogP contribution in [0.4, 0.5) is 10.5 Å². The highest BCUT2D eigenvalue weighted by atomic mass is 32.1. The van der Waals surface area contributed by atoms with Crippen LogP contribution in [0.1, 0.15) is 18.5 Å². The summed E-state index contributed by atoms with van der Waals surface area (Å²) in [5, 5.41) is 7.59. The number of para-hydroxylation sites is 1. The van der Waals surface area contributed by atoms with E-state index >= 15 is 0 Å². The summed E-state index contributed by atoms with van der Waals surface area (Å²) < 4.78 is 0. The molecule has 23 heavy (non-hydrogen) atoms. The minimum atomic E-state index is -0.419. The molecule has 2 aromatic rings. The Morgan fingerprint density at radius 2 is 2.13 bits per heavy atom. The number of amides is 3. The van der Waals surface area contributed by atoms with Gasteiger partial charge < -0.3 is 15.5 Å². The normalized spacial score (nSPS) is 17.0. The maximum absolute atomic E-state index is 12.4. The van der Waals surface area contributed by atoms with Gasteiger partial charge in [0.25, 0.3) is 0 Å². The second kappa shape index (κ2) is 7.23. The molecular formula is C16H18N4O2S. The highest BCUT2D eigenvalue weighted by Gasteiger charge is 2.34. The lowest BCUT2D eigenvalue weighted by atomic mass is 10.2. The third kappa shape index (κ3) is 3.87. The van der Waals surface area contributed by atoms with Crippen LogP contribution < -0.4 is 10.6 Å². The zero-order valence-corrected chi connectivity index (χ0v) is 13.4. The Labute approximate surface area is 138 Å². The van der Waals surface area contributed by atoms with Crippen LogP contribution in [0.15, 0.2) is 41.2 Å². The molecule has 0 spiro atoms. The van der Waals surface area contributed by atoms with Gasteiger partial charge in [-0.25, -0.2) is 9.78 Å². The highest BCUT2D eigenvalue weighted by molar-refractivity contribution is 7.07. The van der Waals surface area contributed by atoms with E-state index in [0.717, 1.165) is 17.8 Å². The van der Waals surface area contributed by atoms with Crippen molar-refractivity contribution < 1.29 is 9.59 Å². The number of rotatable bonds is 4. The van der Waals surface area contributed by atoms with Crippen molar-refractivity contribution in [1.29, 1.82) is 0 Å². The van der Waals surface area contributed by atoms with Gasteiger partial charge in [0, 0.05) is 17.6 Å². The van der Waals surface area contributed by atoms with Gasteiger partial charge in [0.2, 0.25) is 5.91 Å². The molecule has 3 amide bonds. The molecule has 1 saturated heterocycles. The second-order valence-electron chi connectivity index (χ2n) is 5.35. The van der Waals surface area contributed by atoms with Crippen LogP contribution in [0.3, 0.4) is 0 Å². The number of urea groups is 1. The Bertz CT molecular complexity index is 660. The van der Waals surface area contributed by atoms with E-state index in [-0.39, 0.29) is 11.9 Å². The van der Waals surface area contributed by atoms with Crippen molar-refractivity contribution in [3.63, 3.8) is 0 Å². The summed E-state index contributed by atoms with van der Waals surface area (Å²) in [6.07, 6.45) is 1.52. The standard InChI is InChI=1S/C16H18N4O2S/c21-15(17-9-13-10-23-11-18-13)14-7-4-8-20(14)16(22)19-12-5-2-1-3-6-12/h1-3,5-6,10-11,14H,4,7-9H2,(H,17,21)(H,19,22). The zero-order chi connectivity index (χ0) is 16.1. The first-order valence-electron chi connectivity index (χ1n) is 7.51. The first kappa shape index (κ1) is 15.5. The van der Waals surface area contributed by atoms with E-state index in [9.17, 15) is 9.59 Å². The van der Waals surface area contributed by atoms with Gasteiger partial charge in [0.05, 0.1) is 17.7 Å². The zero-order valence-electron chi connectivity index (χ0n) is 12.6. The number of thiazole rings is 1. The lowest BCUT2D eigenvalue weighted by Gasteiger charge is -2.24. The summed E-state index contributed by atoms with van der Waals surface area (Å²) in [6, 6.07) is 8.60. The molecule has 6 nitrogen and oxygen atoms in total. The van der Waals surface area contributed by atoms with Crippen LogP contribution in [0, 0.1) is 0 Å². The van der Waals surface area contributed by atoms with E-state index in [0.29, 0.717) is 19.5 Å². The Hall–Kier alpha value is -2.41. The number of hydrogen-bond donors (Lipinski definition) is 2. The monoisotopic (exact) mass is 330 g/mol. The van der Waals surface area contributed by atoms with Crippen molar-refractivity contribution in [3.05, 3.63) is 46.9 Å². The van der Waals surface area contributed by atoms with Crippen LogP contribution in [0.2, 0.25) is 0 Å². The lowest BCUT2D eigenvalue weighted by molar-refractivity contribution is -0.124. The van der Waals surface area contributed by atoms with Crippen LogP contribution in [-0.2, 0) is 11.3 Å². The molecule has 1 atom stereocenters. The van der Waals surface area contributed by atoms with Crippen molar-refractivity contribution in [1.82, 2.24) is 15.2 Å². The van der Waals surface area contributed by atoms with Crippen LogP contribution in [0.5, 0.6) is 0 Å². The average Bonchev–Trinajstić information content (AvgIpc) is 3.25. The summed E-state index contributed by atoms with van der Waals surface area (Å²) in [4.78, 5) is 30.5. The number of aromatic nitrogens is 1. The maximum atomic E-state index is 12.4. The average molecular weight is 330 g/mol. The molecule has 1 aliphatic heterocycles. The number of hydrogen-bond acceptors (Lipinski definition) is 4. The number of likely N-dealkylation sites (tertiary alicyclic amines) is 1. The van der Waals surface area contributed by atoms with Crippen molar-refractivity contribution in [3.8, 4) is 0 Å². The summed E-state index contributed by atoms with van der Waals surface area (Å²) in [6.45, 7) is 0.987. The molecular weight excluding hydrogens is 312 g/mol. The van der Waals surface area contributed by atoms with Crippen molar-refractivity contribution >= 4 is 29.0 Å². The van der Waals surface area contributed by atoms with Gasteiger partial charge in [-0.2, -0.15) is 0 Å². The number of benzene rings is 1. The first-order valence-corrected chi connectivity index (χ1v) is 8.46. The molecule has 2 heterocycles. The number of carbonyl (C=O) groups excluding carboxylic acids is 2. The van der Waals surface area contributed by atoms with E-state index in [1.54, 1.807) is 10.4 Å². The molecule has 1 fully saturated rings. The molecule has 0 radical (unpaired) electrons. The van der Waals surface area contributed by atoms with Gasteiger partial charge in [-0.15, -0.1) is 11.3 Å². The third-order valence-electron chi connectivity index (χ3n) is 3.77. The van der Waals surface area contributed by atoms with Gasteiger partial charge in [-0.1, -0.05) is 18.2 Å². The minimum Gasteiger partial charge on any atom is -0.349 e. The van der Waals surface area contributed by atoms with E-state index < -0.39 is 6.04 Å². The number of anilines is 1. The van der Waals surface area contributed by atoms with E-state index in [4.69, 9.17) is 0 Å². The molecule has 7 heteroatoms. The van der Waals surface area contributed by atoms with Gasteiger partial charge in [0.1, 0.15) is 6.04 Å². The fraction of sp³-hybridized carbons (Fsp3) is 0.312. The van der Waals surface area contributed by atoms with Crippen LogP contribution >= 0.6 is 11.3 Å². The fourth-order valence-electron chi connectivity index (χ4n) is 2.62. The maximum Gasteiger partial charge on any atom is 0.322 e. The molecule has 2 N–H and O–H groups in total. The number of carbonyl (C=O) groups is 2. The molecule has 120 valence electrons. The van der Waals surface area contributed by atoms with E-state index in [2.05, 4.69) is 15.6 Å². The summed E-state index contributed by atoms with van der Waals surface area (Å²) in [5.41, 5.74) is 3.30. The van der Waals surface area contributed by atoms with E-state index in [1.165, 1.54) is 11.3 Å². The largest absolute Gasteiger partial charge is 0.349 e. The molecule has 0 aliphatic carbocycles. The molecule has 1 aromatic heterocycles. The molecule has 0 bridgehead atoms. The molecule has 1 aromatic carbocycles. The lowest BCUT2D eigenvalue weighted by Crippen LogP contribution is -2.47. The first-order chi connectivity index (χ1) is 11.2. The van der Waals surface area contributed by atoms with Crippen molar-refractivity contribution in [2.24, 2.45) is 0 Å². The Morgan fingerprint density at radius 1 is 1.30 bits per heavy atom. The third-order valence-corrected chi connectivity index (χ3v) is 4.40. The predicted molar refractivity (Wildman–Crippen MR) is 89.1 cm³/mol. The molecule has 1 aliphatic rings. The highest BCUT2D eigenvalue weighted by Crippen LogP contribution is 2.19. The molecule has 0 saturated carbocycles. The summed E-state index contributed by atoms with van der Waals surface area (Å²) in [7, 11) is 0. The second-order valence-corrected chi connectivity index (χ2v) is 6.06. The van der Waals surface area contributed by atoms with Crippen LogP contribution in [-0.4, -0.2) is 34.4 Å². The predicted octanol–water partition coefficient (Wildman–Crippen LogP) is 2.46. The van der Waals surface area contributed by atoms with Gasteiger partial charge in [-0.3, -0.25) is 4.79 Å². The smallest absolute Gasteiger partial charge is 0.322 e.